The number of methoxy groups -OCH3 is 1. The third-order valence-corrected chi connectivity index (χ3v) is 4.90. The molecule has 1 aliphatic heterocycles. The number of nitrogens with zero attached hydrogens (tertiary/aromatic N) is 3. The Morgan fingerprint density at radius 3 is 2.59 bits per heavy atom. The van der Waals surface area contributed by atoms with Gasteiger partial charge in [0, 0.05) is 5.70 Å². The van der Waals surface area contributed by atoms with Crippen LogP contribution in [0.25, 0.3) is 5.70 Å². The number of nitrogens with one attached hydrogen (secondary N) is 1. The van der Waals surface area contributed by atoms with Crippen molar-refractivity contribution in [3.63, 3.8) is 0 Å². The molecule has 2 heterocycles. The first kappa shape index (κ1) is 17.0. The second-order valence-electron chi connectivity index (χ2n) is 6.59. The molecule has 6 heteroatoms. The number of aromatic nitrogens is 3. The van der Waals surface area contributed by atoms with Crippen molar-refractivity contribution < 1.29 is 9.53 Å². The van der Waals surface area contributed by atoms with Gasteiger partial charge in [-0.25, -0.2) is 9.48 Å². The number of hydrogen-bond donors (Lipinski definition) is 1. The zero-order chi connectivity index (χ0) is 19.0. The largest absolute Gasteiger partial charge is 0.465 e. The molecule has 0 spiro atoms. The Bertz CT molecular complexity index is 1030. The van der Waals surface area contributed by atoms with Crippen LogP contribution in [-0.4, -0.2) is 27.8 Å². The van der Waals surface area contributed by atoms with Crippen LogP contribution in [0.15, 0.2) is 54.9 Å². The van der Waals surface area contributed by atoms with Crippen LogP contribution in [0, 0.1) is 13.8 Å². The fraction of sp³-hybridized carbons (Fsp3) is 0.190. The molecule has 0 saturated carbocycles. The molecule has 4 rings (SSSR count). The summed E-state index contributed by atoms with van der Waals surface area (Å²) in [6.45, 7) is 4.21. The number of aryl methyl sites for hydroxylation is 2. The lowest BCUT2D eigenvalue weighted by Crippen LogP contribution is -2.20. The van der Waals surface area contributed by atoms with Crippen molar-refractivity contribution in [1.29, 1.82) is 0 Å². The smallest absolute Gasteiger partial charge is 0.337 e. The minimum absolute atomic E-state index is 0.118. The van der Waals surface area contributed by atoms with Crippen molar-refractivity contribution >= 4 is 17.6 Å². The molecule has 0 bridgehead atoms. The predicted octanol–water partition coefficient (Wildman–Crippen LogP) is 3.74. The maximum atomic E-state index is 11.7. The third kappa shape index (κ3) is 3.10. The molecular formula is C21H20N4O2. The Labute approximate surface area is 157 Å². The summed E-state index contributed by atoms with van der Waals surface area (Å²) in [6.07, 6.45) is 3.66. The topological polar surface area (TPSA) is 69.0 Å². The molecule has 1 aromatic heterocycles. The minimum Gasteiger partial charge on any atom is -0.465 e. The van der Waals surface area contributed by atoms with Gasteiger partial charge in [-0.2, -0.15) is 10.1 Å². The van der Waals surface area contributed by atoms with E-state index in [2.05, 4.69) is 53.5 Å². The summed E-state index contributed by atoms with van der Waals surface area (Å²) in [7, 11) is 1.38. The summed E-state index contributed by atoms with van der Waals surface area (Å²) in [5.41, 5.74) is 6.11. The average Bonchev–Trinajstić information content (AvgIpc) is 3.17. The van der Waals surface area contributed by atoms with Gasteiger partial charge < -0.3 is 10.1 Å². The first-order chi connectivity index (χ1) is 13.1. The van der Waals surface area contributed by atoms with Crippen LogP contribution in [0.1, 0.15) is 38.7 Å². The normalized spacial score (nSPS) is 15.5. The summed E-state index contributed by atoms with van der Waals surface area (Å²) in [4.78, 5) is 16.0. The maximum Gasteiger partial charge on any atom is 0.337 e. The number of carbonyl (C=O) groups is 1. The van der Waals surface area contributed by atoms with Crippen LogP contribution >= 0.6 is 0 Å². The van der Waals surface area contributed by atoms with Gasteiger partial charge in [0.05, 0.1) is 12.7 Å². The summed E-state index contributed by atoms with van der Waals surface area (Å²) >= 11 is 0. The Balaban J connectivity index is 1.75. The lowest BCUT2D eigenvalue weighted by Gasteiger charge is -2.24. The van der Waals surface area contributed by atoms with E-state index in [0.717, 1.165) is 16.8 Å². The van der Waals surface area contributed by atoms with Gasteiger partial charge in [0.2, 0.25) is 5.95 Å². The number of fused-ring (bicyclic) bond motifs is 1. The first-order valence-corrected chi connectivity index (χ1v) is 8.71. The van der Waals surface area contributed by atoms with Crippen molar-refractivity contribution in [3.8, 4) is 0 Å². The van der Waals surface area contributed by atoms with E-state index in [-0.39, 0.29) is 12.0 Å². The number of esters is 1. The minimum atomic E-state index is -0.348. The van der Waals surface area contributed by atoms with Crippen LogP contribution < -0.4 is 5.32 Å². The summed E-state index contributed by atoms with van der Waals surface area (Å²) < 4.78 is 6.60. The Morgan fingerprint density at radius 2 is 1.89 bits per heavy atom. The second kappa shape index (κ2) is 6.72. The van der Waals surface area contributed by atoms with Crippen LogP contribution in [0.4, 0.5) is 5.95 Å². The molecule has 0 aliphatic carbocycles. The lowest BCUT2D eigenvalue weighted by molar-refractivity contribution is 0.0600. The van der Waals surface area contributed by atoms with E-state index < -0.39 is 0 Å². The number of ether oxygens (including phenoxy) is 1. The highest BCUT2D eigenvalue weighted by atomic mass is 16.5. The fourth-order valence-corrected chi connectivity index (χ4v) is 3.18. The summed E-state index contributed by atoms with van der Waals surface area (Å²) in [5, 5.41) is 7.71. The van der Waals surface area contributed by atoms with Gasteiger partial charge >= 0.3 is 5.97 Å². The van der Waals surface area contributed by atoms with E-state index in [4.69, 9.17) is 4.74 Å². The molecule has 1 aliphatic rings. The van der Waals surface area contributed by atoms with Gasteiger partial charge in [-0.1, -0.05) is 24.3 Å². The van der Waals surface area contributed by atoms with E-state index in [1.54, 1.807) is 12.1 Å². The summed E-state index contributed by atoms with van der Waals surface area (Å²) in [6, 6.07) is 13.6. The Hall–Kier alpha value is -3.41. The van der Waals surface area contributed by atoms with Gasteiger partial charge in [0.1, 0.15) is 12.4 Å². The maximum absolute atomic E-state index is 11.7. The number of benzene rings is 2. The third-order valence-electron chi connectivity index (χ3n) is 4.90. The molecule has 3 aromatic rings. The molecular weight excluding hydrogens is 340 g/mol. The Morgan fingerprint density at radius 1 is 1.11 bits per heavy atom. The van der Waals surface area contributed by atoms with Gasteiger partial charge in [0.15, 0.2) is 0 Å². The highest BCUT2D eigenvalue weighted by molar-refractivity contribution is 5.89. The molecule has 136 valence electrons. The molecule has 6 nitrogen and oxygen atoms in total. The van der Waals surface area contributed by atoms with Crippen LogP contribution in [0.2, 0.25) is 0 Å². The molecule has 1 N–H and O–H groups in total. The number of allylic oxidation sites excluding steroid dienone is 1. The van der Waals surface area contributed by atoms with E-state index in [1.165, 1.54) is 24.6 Å². The zero-order valence-electron chi connectivity index (χ0n) is 15.4. The number of anilines is 1. The summed E-state index contributed by atoms with van der Waals surface area (Å²) in [5.74, 6) is 0.340. The van der Waals surface area contributed by atoms with E-state index in [9.17, 15) is 4.79 Å². The van der Waals surface area contributed by atoms with Crippen molar-refractivity contribution in [2.75, 3.05) is 12.4 Å². The van der Waals surface area contributed by atoms with E-state index >= 15 is 0 Å². The predicted molar refractivity (Wildman–Crippen MR) is 103 cm³/mol. The van der Waals surface area contributed by atoms with Crippen molar-refractivity contribution in [2.45, 2.75) is 19.9 Å². The number of rotatable bonds is 3. The van der Waals surface area contributed by atoms with E-state index in [1.807, 2.05) is 16.8 Å². The number of hydrogen-bond acceptors (Lipinski definition) is 5. The zero-order valence-corrected chi connectivity index (χ0v) is 15.4. The van der Waals surface area contributed by atoms with Crippen LogP contribution in [0.3, 0.4) is 0 Å². The fourth-order valence-electron chi connectivity index (χ4n) is 3.18. The molecule has 0 radical (unpaired) electrons. The monoisotopic (exact) mass is 360 g/mol. The quantitative estimate of drug-likeness (QED) is 0.721. The molecule has 0 amide bonds. The SMILES string of the molecule is COC(=O)c1ccc([C@H]2C=C(c3ccc(C)c(C)c3)Nc3ncnn32)cc1. The number of carbonyl (C=O) groups excluding carboxylic acids is 1. The van der Waals surface area contributed by atoms with Crippen molar-refractivity contribution in [1.82, 2.24) is 14.8 Å². The lowest BCUT2D eigenvalue weighted by atomic mass is 9.99. The Kier molecular flexibility index (Phi) is 4.24. The molecule has 1 atom stereocenters. The van der Waals surface area contributed by atoms with Crippen molar-refractivity contribution in [3.05, 3.63) is 82.7 Å². The highest BCUT2D eigenvalue weighted by Crippen LogP contribution is 2.32. The highest BCUT2D eigenvalue weighted by Gasteiger charge is 2.23. The van der Waals surface area contributed by atoms with Gasteiger partial charge in [-0.3, -0.25) is 0 Å². The first-order valence-electron chi connectivity index (χ1n) is 8.71. The van der Waals surface area contributed by atoms with E-state index in [0.29, 0.717) is 11.5 Å². The van der Waals surface area contributed by atoms with Crippen LogP contribution in [-0.2, 0) is 4.74 Å². The van der Waals surface area contributed by atoms with Gasteiger partial charge in [-0.15, -0.1) is 0 Å². The molecule has 2 aromatic carbocycles. The molecule has 0 saturated heterocycles. The average molecular weight is 360 g/mol. The molecule has 0 fully saturated rings. The molecule has 0 unspecified atom stereocenters. The standard InChI is InChI=1S/C21H20N4O2/c1-13-4-5-17(10-14(13)2)18-11-19(25-21(24-18)22-12-23-25)15-6-8-16(9-7-15)20(26)27-3/h4-12,19H,1-3H3,(H,22,23,24)/t19-/m1/s1. The van der Waals surface area contributed by atoms with Gasteiger partial charge in [-0.05, 0) is 60.4 Å². The van der Waals surface area contributed by atoms with Gasteiger partial charge in [0.25, 0.3) is 0 Å². The second-order valence-corrected chi connectivity index (χ2v) is 6.59. The van der Waals surface area contributed by atoms with Crippen molar-refractivity contribution in [2.24, 2.45) is 0 Å². The molecule has 27 heavy (non-hydrogen) atoms. The van der Waals surface area contributed by atoms with Crippen LogP contribution in [0.5, 0.6) is 0 Å².